The lowest BCUT2D eigenvalue weighted by atomic mass is 9.94. The number of alkyl halides is 3. The first-order chi connectivity index (χ1) is 9.26. The maximum absolute atomic E-state index is 12.4. The molecule has 2 N–H and O–H groups in total. The first kappa shape index (κ1) is 14.2. The number of rotatable bonds is 2. The third-order valence-corrected chi connectivity index (χ3v) is 2.64. The Morgan fingerprint density at radius 2 is 2.00 bits per heavy atom. The SMILES string of the molecule is Bc1cccc(-c2cc(N)c(=O)n(CC(F)(F)F)n2)c1. The molecule has 0 bridgehead atoms. The Morgan fingerprint density at radius 3 is 2.60 bits per heavy atom. The van der Waals surface area contributed by atoms with Crippen molar-refractivity contribution in [3.8, 4) is 11.3 Å². The van der Waals surface area contributed by atoms with Gasteiger partial charge in [-0.1, -0.05) is 29.7 Å². The van der Waals surface area contributed by atoms with Crippen LogP contribution in [0.4, 0.5) is 18.9 Å². The minimum absolute atomic E-state index is 0.232. The molecule has 0 aliphatic heterocycles. The van der Waals surface area contributed by atoms with Gasteiger partial charge in [0.05, 0.1) is 5.69 Å². The fourth-order valence-electron chi connectivity index (χ4n) is 1.78. The van der Waals surface area contributed by atoms with Crippen molar-refractivity contribution in [3.05, 3.63) is 40.7 Å². The van der Waals surface area contributed by atoms with Gasteiger partial charge in [-0.2, -0.15) is 18.3 Å². The minimum Gasteiger partial charge on any atom is -0.394 e. The van der Waals surface area contributed by atoms with Crippen LogP contribution in [0.15, 0.2) is 35.1 Å². The van der Waals surface area contributed by atoms with E-state index in [9.17, 15) is 18.0 Å². The monoisotopic (exact) mass is 281 g/mol. The van der Waals surface area contributed by atoms with E-state index in [2.05, 4.69) is 5.10 Å². The number of benzene rings is 1. The minimum atomic E-state index is -4.53. The van der Waals surface area contributed by atoms with Crippen molar-refractivity contribution in [2.45, 2.75) is 12.7 Å². The van der Waals surface area contributed by atoms with Crippen LogP contribution in [-0.4, -0.2) is 23.8 Å². The lowest BCUT2D eigenvalue weighted by molar-refractivity contribution is -0.143. The number of nitrogens with two attached hydrogens (primary N) is 1. The largest absolute Gasteiger partial charge is 0.408 e. The summed E-state index contributed by atoms with van der Waals surface area (Å²) in [5.41, 5.74) is 6.03. The summed E-state index contributed by atoms with van der Waals surface area (Å²) >= 11 is 0. The summed E-state index contributed by atoms with van der Waals surface area (Å²) in [6.07, 6.45) is -4.53. The first-order valence-corrected chi connectivity index (χ1v) is 5.78. The lowest BCUT2D eigenvalue weighted by Gasteiger charge is -2.11. The van der Waals surface area contributed by atoms with Crippen molar-refractivity contribution in [1.82, 2.24) is 9.78 Å². The number of hydrogen-bond donors (Lipinski definition) is 1. The quantitative estimate of drug-likeness (QED) is 0.806. The lowest BCUT2D eigenvalue weighted by Crippen LogP contribution is -2.31. The van der Waals surface area contributed by atoms with Crippen LogP contribution in [0.25, 0.3) is 11.3 Å². The molecular weight excluding hydrogens is 270 g/mol. The smallest absolute Gasteiger partial charge is 0.394 e. The summed E-state index contributed by atoms with van der Waals surface area (Å²) in [4.78, 5) is 11.6. The number of aromatic nitrogens is 2. The molecule has 4 nitrogen and oxygen atoms in total. The second-order valence-corrected chi connectivity index (χ2v) is 4.43. The zero-order valence-corrected chi connectivity index (χ0v) is 10.6. The van der Waals surface area contributed by atoms with Crippen LogP contribution in [0.5, 0.6) is 0 Å². The van der Waals surface area contributed by atoms with E-state index in [0.717, 1.165) is 5.46 Å². The van der Waals surface area contributed by atoms with E-state index >= 15 is 0 Å². The van der Waals surface area contributed by atoms with Gasteiger partial charge in [-0.05, 0) is 6.07 Å². The Hall–Kier alpha value is -2.25. The molecule has 8 heteroatoms. The number of nitrogens with zero attached hydrogens (tertiary/aromatic N) is 2. The van der Waals surface area contributed by atoms with Crippen LogP contribution in [-0.2, 0) is 6.54 Å². The Morgan fingerprint density at radius 1 is 1.30 bits per heavy atom. The zero-order chi connectivity index (χ0) is 14.9. The van der Waals surface area contributed by atoms with Gasteiger partial charge >= 0.3 is 6.18 Å². The third-order valence-electron chi connectivity index (χ3n) is 2.64. The molecule has 0 spiro atoms. The second-order valence-electron chi connectivity index (χ2n) is 4.43. The molecule has 0 aliphatic rings. The summed E-state index contributed by atoms with van der Waals surface area (Å²) in [7, 11) is 1.85. The third kappa shape index (κ3) is 3.20. The molecule has 20 heavy (non-hydrogen) atoms. The molecular formula is C12H11BF3N3O. The van der Waals surface area contributed by atoms with E-state index in [1.807, 2.05) is 13.9 Å². The van der Waals surface area contributed by atoms with Crippen molar-refractivity contribution in [2.75, 3.05) is 5.73 Å². The molecule has 0 amide bonds. The first-order valence-electron chi connectivity index (χ1n) is 5.78. The maximum atomic E-state index is 12.4. The Kier molecular flexibility index (Phi) is 3.56. The normalized spacial score (nSPS) is 11.6. The zero-order valence-electron chi connectivity index (χ0n) is 10.6. The summed E-state index contributed by atoms with van der Waals surface area (Å²) in [6, 6.07) is 8.33. The van der Waals surface area contributed by atoms with E-state index in [0.29, 0.717) is 10.2 Å². The molecule has 0 atom stereocenters. The van der Waals surface area contributed by atoms with Crippen molar-refractivity contribution in [1.29, 1.82) is 0 Å². The summed E-state index contributed by atoms with van der Waals surface area (Å²) in [5, 5.41) is 3.73. The molecule has 104 valence electrons. The van der Waals surface area contributed by atoms with Crippen molar-refractivity contribution in [2.24, 2.45) is 0 Å². The van der Waals surface area contributed by atoms with Crippen LogP contribution in [0.1, 0.15) is 0 Å². The van der Waals surface area contributed by atoms with E-state index in [1.165, 1.54) is 6.07 Å². The van der Waals surface area contributed by atoms with Gasteiger partial charge in [0.2, 0.25) is 0 Å². The Labute approximate surface area is 113 Å². The fourth-order valence-corrected chi connectivity index (χ4v) is 1.78. The highest BCUT2D eigenvalue weighted by Gasteiger charge is 2.29. The van der Waals surface area contributed by atoms with Gasteiger partial charge in [0.15, 0.2) is 0 Å². The fraction of sp³-hybridized carbons (Fsp3) is 0.167. The van der Waals surface area contributed by atoms with Crippen LogP contribution in [0, 0.1) is 0 Å². The second kappa shape index (κ2) is 5.03. The van der Waals surface area contributed by atoms with E-state index in [-0.39, 0.29) is 11.4 Å². The van der Waals surface area contributed by atoms with E-state index in [4.69, 9.17) is 5.73 Å². The number of nitrogen functional groups attached to an aromatic ring is 1. The molecule has 1 aromatic carbocycles. The molecule has 0 saturated carbocycles. The van der Waals surface area contributed by atoms with E-state index in [1.54, 1.807) is 18.2 Å². The predicted molar refractivity (Wildman–Crippen MR) is 72.6 cm³/mol. The topological polar surface area (TPSA) is 60.9 Å². The Balaban J connectivity index is 2.54. The molecule has 2 rings (SSSR count). The van der Waals surface area contributed by atoms with Crippen molar-refractivity contribution in [3.63, 3.8) is 0 Å². The molecule has 0 aliphatic carbocycles. The molecule has 0 radical (unpaired) electrons. The standard InChI is InChI=1S/C12H11BF3N3O/c13-8-3-1-2-7(4-8)10-5-9(17)11(20)19(18-10)6-12(14,15)16/h1-5H,6,13,17H2. The molecule has 0 saturated heterocycles. The molecule has 1 heterocycles. The van der Waals surface area contributed by atoms with Gasteiger partial charge in [-0.15, -0.1) is 0 Å². The molecule has 0 fully saturated rings. The van der Waals surface area contributed by atoms with Gasteiger partial charge < -0.3 is 5.73 Å². The maximum Gasteiger partial charge on any atom is 0.408 e. The molecule has 0 unspecified atom stereocenters. The predicted octanol–water partition coefficient (Wildman–Crippen LogP) is 0.313. The highest BCUT2D eigenvalue weighted by Crippen LogP contribution is 2.19. The van der Waals surface area contributed by atoms with Crippen LogP contribution in [0.3, 0.4) is 0 Å². The number of halogens is 3. The van der Waals surface area contributed by atoms with E-state index < -0.39 is 18.3 Å². The summed E-state index contributed by atoms with van der Waals surface area (Å²) in [5.74, 6) is 0. The van der Waals surface area contributed by atoms with Gasteiger partial charge in [0, 0.05) is 5.56 Å². The van der Waals surface area contributed by atoms with Crippen molar-refractivity contribution < 1.29 is 13.2 Å². The van der Waals surface area contributed by atoms with Crippen molar-refractivity contribution >= 4 is 19.0 Å². The molecule has 1 aromatic heterocycles. The number of anilines is 1. The van der Waals surface area contributed by atoms with Gasteiger partial charge in [-0.3, -0.25) is 4.79 Å². The molecule has 2 aromatic rings. The number of hydrogen-bond acceptors (Lipinski definition) is 3. The average molecular weight is 281 g/mol. The Bertz CT molecular complexity index is 697. The van der Waals surface area contributed by atoms with Gasteiger partial charge in [-0.25, -0.2) is 4.68 Å². The highest BCUT2D eigenvalue weighted by molar-refractivity contribution is 6.32. The highest BCUT2D eigenvalue weighted by atomic mass is 19.4. The van der Waals surface area contributed by atoms with Gasteiger partial charge in [0.1, 0.15) is 20.1 Å². The van der Waals surface area contributed by atoms with Crippen LogP contribution >= 0.6 is 0 Å². The average Bonchev–Trinajstić information content (AvgIpc) is 2.33. The summed E-state index contributed by atoms with van der Waals surface area (Å²) < 4.78 is 37.6. The van der Waals surface area contributed by atoms with Crippen LogP contribution in [0.2, 0.25) is 0 Å². The summed E-state index contributed by atoms with van der Waals surface area (Å²) in [6.45, 7) is -1.46. The van der Waals surface area contributed by atoms with Crippen LogP contribution < -0.4 is 16.8 Å². The van der Waals surface area contributed by atoms with Gasteiger partial charge in [0.25, 0.3) is 5.56 Å².